The molecule has 1 aliphatic heterocycles. The van der Waals surface area contributed by atoms with E-state index in [0.29, 0.717) is 26.4 Å². The van der Waals surface area contributed by atoms with Crippen molar-refractivity contribution in [3.8, 4) is 16.9 Å². The Labute approximate surface area is 170 Å². The number of hydrogen-bond donors (Lipinski definition) is 0. The number of likely N-dealkylation sites (N-methyl/N-ethyl adjacent to an activating group) is 1. The Balaban J connectivity index is 1.63. The number of ether oxygens (including phenoxy) is 2. The SMILES string of the molecule is Cc1cccc(-n2cc(CN(C)C[C@@H]3COCCO3)c(-c3cccc(F)c3)n2)c1. The highest BCUT2D eigenvalue weighted by Crippen LogP contribution is 2.26. The van der Waals surface area contributed by atoms with Crippen LogP contribution in [0.1, 0.15) is 11.1 Å². The topological polar surface area (TPSA) is 39.5 Å². The van der Waals surface area contributed by atoms with Gasteiger partial charge in [-0.3, -0.25) is 4.90 Å². The van der Waals surface area contributed by atoms with Gasteiger partial charge in [-0.1, -0.05) is 24.3 Å². The average molecular weight is 395 g/mol. The van der Waals surface area contributed by atoms with Gasteiger partial charge in [-0.05, 0) is 43.8 Å². The number of rotatable bonds is 6. The van der Waals surface area contributed by atoms with Crippen LogP contribution in [0.4, 0.5) is 4.39 Å². The maximum absolute atomic E-state index is 13.9. The Hall–Kier alpha value is -2.54. The lowest BCUT2D eigenvalue weighted by Gasteiger charge is -2.27. The fourth-order valence-corrected chi connectivity index (χ4v) is 3.65. The second-order valence-corrected chi connectivity index (χ2v) is 7.56. The van der Waals surface area contributed by atoms with Crippen LogP contribution >= 0.6 is 0 Å². The Morgan fingerprint density at radius 2 is 2.03 bits per heavy atom. The Morgan fingerprint density at radius 3 is 2.79 bits per heavy atom. The van der Waals surface area contributed by atoms with Crippen molar-refractivity contribution in [3.05, 3.63) is 71.7 Å². The van der Waals surface area contributed by atoms with Gasteiger partial charge in [0.2, 0.25) is 0 Å². The maximum atomic E-state index is 13.9. The zero-order valence-electron chi connectivity index (χ0n) is 16.8. The van der Waals surface area contributed by atoms with E-state index in [1.54, 1.807) is 6.07 Å². The molecule has 1 aliphatic rings. The van der Waals surface area contributed by atoms with Gasteiger partial charge < -0.3 is 9.47 Å². The standard InChI is InChI=1S/C23H26FN3O2/c1-17-5-3-8-21(11-17)27-14-19(13-26(2)15-22-16-28-9-10-29-22)23(25-27)18-6-4-7-20(24)12-18/h3-8,11-12,14,22H,9-10,13,15-16H2,1-2H3/t22-/m1/s1. The zero-order valence-corrected chi connectivity index (χ0v) is 16.8. The molecule has 2 aromatic carbocycles. The largest absolute Gasteiger partial charge is 0.376 e. The van der Waals surface area contributed by atoms with Crippen molar-refractivity contribution in [2.24, 2.45) is 0 Å². The minimum atomic E-state index is -0.264. The van der Waals surface area contributed by atoms with Crippen LogP contribution in [0, 0.1) is 12.7 Å². The van der Waals surface area contributed by atoms with Gasteiger partial charge in [-0.2, -0.15) is 5.10 Å². The molecule has 1 fully saturated rings. The van der Waals surface area contributed by atoms with Crippen LogP contribution in [0.15, 0.2) is 54.7 Å². The summed E-state index contributed by atoms with van der Waals surface area (Å²) in [6.45, 7) is 5.41. The van der Waals surface area contributed by atoms with Crippen molar-refractivity contribution in [1.82, 2.24) is 14.7 Å². The minimum Gasteiger partial charge on any atom is -0.376 e. The third-order valence-corrected chi connectivity index (χ3v) is 4.99. The summed E-state index contributed by atoms with van der Waals surface area (Å²) in [4.78, 5) is 2.19. The molecule has 5 nitrogen and oxygen atoms in total. The molecule has 6 heteroatoms. The second kappa shape index (κ2) is 8.86. The van der Waals surface area contributed by atoms with E-state index in [2.05, 4.69) is 31.0 Å². The highest BCUT2D eigenvalue weighted by Gasteiger charge is 2.19. The molecule has 0 saturated carbocycles. The highest BCUT2D eigenvalue weighted by atomic mass is 19.1. The lowest BCUT2D eigenvalue weighted by molar-refractivity contribution is -0.0962. The normalized spacial score (nSPS) is 17.0. The number of aromatic nitrogens is 2. The molecule has 0 amide bonds. The first kappa shape index (κ1) is 19.8. The molecule has 0 aliphatic carbocycles. The summed E-state index contributed by atoms with van der Waals surface area (Å²) in [5.41, 5.74) is 4.76. The first-order chi connectivity index (χ1) is 14.1. The number of aryl methyl sites for hydroxylation is 1. The van der Waals surface area contributed by atoms with Crippen molar-refractivity contribution in [3.63, 3.8) is 0 Å². The molecule has 3 aromatic rings. The fraction of sp³-hybridized carbons (Fsp3) is 0.348. The molecule has 0 bridgehead atoms. The first-order valence-corrected chi connectivity index (χ1v) is 9.88. The molecule has 1 aromatic heterocycles. The molecule has 0 unspecified atom stereocenters. The number of nitrogens with zero attached hydrogens (tertiary/aromatic N) is 3. The quantitative estimate of drug-likeness (QED) is 0.636. The summed E-state index contributed by atoms with van der Waals surface area (Å²) in [5, 5.41) is 4.80. The van der Waals surface area contributed by atoms with Crippen LogP contribution in [0.5, 0.6) is 0 Å². The van der Waals surface area contributed by atoms with Crippen molar-refractivity contribution in [2.45, 2.75) is 19.6 Å². The first-order valence-electron chi connectivity index (χ1n) is 9.88. The molecule has 1 saturated heterocycles. The minimum absolute atomic E-state index is 0.0678. The van der Waals surface area contributed by atoms with Gasteiger partial charge >= 0.3 is 0 Å². The third kappa shape index (κ3) is 4.90. The van der Waals surface area contributed by atoms with Crippen LogP contribution in [0.3, 0.4) is 0 Å². The molecule has 152 valence electrons. The predicted octanol–water partition coefficient (Wildman–Crippen LogP) is 3.83. The number of benzene rings is 2. The average Bonchev–Trinajstić information content (AvgIpc) is 3.12. The summed E-state index contributed by atoms with van der Waals surface area (Å²) >= 11 is 0. The summed E-state index contributed by atoms with van der Waals surface area (Å²) in [7, 11) is 2.05. The highest BCUT2D eigenvalue weighted by molar-refractivity contribution is 5.63. The molecule has 0 spiro atoms. The molecular formula is C23H26FN3O2. The molecule has 0 radical (unpaired) electrons. The van der Waals surface area contributed by atoms with Crippen LogP contribution in [0.25, 0.3) is 16.9 Å². The van der Waals surface area contributed by atoms with E-state index in [1.165, 1.54) is 17.7 Å². The predicted molar refractivity (Wildman–Crippen MR) is 111 cm³/mol. The van der Waals surface area contributed by atoms with Gasteiger partial charge in [-0.25, -0.2) is 9.07 Å². The summed E-state index contributed by atoms with van der Waals surface area (Å²) in [5.74, 6) is -0.264. The third-order valence-electron chi connectivity index (χ3n) is 4.99. The summed E-state index contributed by atoms with van der Waals surface area (Å²) in [6.07, 6.45) is 2.10. The molecule has 29 heavy (non-hydrogen) atoms. The van der Waals surface area contributed by atoms with Gasteiger partial charge in [0.15, 0.2) is 0 Å². The second-order valence-electron chi connectivity index (χ2n) is 7.56. The van der Waals surface area contributed by atoms with Crippen LogP contribution < -0.4 is 0 Å². The van der Waals surface area contributed by atoms with Gasteiger partial charge in [0, 0.05) is 30.4 Å². The lowest BCUT2D eigenvalue weighted by atomic mass is 10.1. The van der Waals surface area contributed by atoms with Crippen molar-refractivity contribution in [1.29, 1.82) is 0 Å². The van der Waals surface area contributed by atoms with E-state index in [1.807, 2.05) is 29.1 Å². The van der Waals surface area contributed by atoms with E-state index in [9.17, 15) is 4.39 Å². The van der Waals surface area contributed by atoms with E-state index in [-0.39, 0.29) is 11.9 Å². The molecule has 1 atom stereocenters. The molecule has 2 heterocycles. The van der Waals surface area contributed by atoms with Crippen molar-refractivity contribution in [2.75, 3.05) is 33.4 Å². The number of hydrogen-bond acceptors (Lipinski definition) is 4. The zero-order chi connectivity index (χ0) is 20.2. The smallest absolute Gasteiger partial charge is 0.123 e. The van der Waals surface area contributed by atoms with Crippen LogP contribution in [0.2, 0.25) is 0 Å². The van der Waals surface area contributed by atoms with Gasteiger partial charge in [0.25, 0.3) is 0 Å². The van der Waals surface area contributed by atoms with Crippen LogP contribution in [-0.4, -0.2) is 54.2 Å². The van der Waals surface area contributed by atoms with Gasteiger partial charge in [0.1, 0.15) is 5.82 Å². The van der Waals surface area contributed by atoms with Gasteiger partial charge in [0.05, 0.1) is 37.3 Å². The number of halogens is 1. The van der Waals surface area contributed by atoms with E-state index in [4.69, 9.17) is 14.6 Å². The molecular weight excluding hydrogens is 369 g/mol. The van der Waals surface area contributed by atoms with E-state index < -0.39 is 0 Å². The summed E-state index contributed by atoms with van der Waals surface area (Å²) in [6, 6.07) is 14.8. The molecule has 0 N–H and O–H groups in total. The summed E-state index contributed by atoms with van der Waals surface area (Å²) < 4.78 is 27.0. The fourth-order valence-electron chi connectivity index (χ4n) is 3.65. The Bertz CT molecular complexity index is 966. The molecule has 4 rings (SSSR count). The maximum Gasteiger partial charge on any atom is 0.123 e. The van der Waals surface area contributed by atoms with E-state index in [0.717, 1.165) is 29.1 Å². The van der Waals surface area contributed by atoms with Crippen molar-refractivity contribution < 1.29 is 13.9 Å². The Morgan fingerprint density at radius 1 is 1.17 bits per heavy atom. The van der Waals surface area contributed by atoms with E-state index >= 15 is 0 Å². The van der Waals surface area contributed by atoms with Crippen molar-refractivity contribution >= 4 is 0 Å². The Kier molecular flexibility index (Phi) is 6.04. The lowest BCUT2D eigenvalue weighted by Crippen LogP contribution is -2.38. The van der Waals surface area contributed by atoms with Crippen LogP contribution in [-0.2, 0) is 16.0 Å². The van der Waals surface area contributed by atoms with Gasteiger partial charge in [-0.15, -0.1) is 0 Å². The monoisotopic (exact) mass is 395 g/mol.